The number of nitrogens with two attached hydrogens (primary N) is 1. The lowest BCUT2D eigenvalue weighted by Crippen LogP contribution is -2.38. The van der Waals surface area contributed by atoms with Crippen molar-refractivity contribution < 1.29 is 0 Å². The van der Waals surface area contributed by atoms with Crippen molar-refractivity contribution in [3.63, 3.8) is 0 Å². The summed E-state index contributed by atoms with van der Waals surface area (Å²) in [6, 6.07) is 6.63. The van der Waals surface area contributed by atoms with E-state index in [1.165, 1.54) is 42.7 Å². The molecule has 1 fully saturated rings. The van der Waals surface area contributed by atoms with Crippen molar-refractivity contribution >= 4 is 5.69 Å². The van der Waals surface area contributed by atoms with Crippen molar-refractivity contribution in [1.82, 2.24) is 0 Å². The van der Waals surface area contributed by atoms with Crippen LogP contribution in [0.4, 0.5) is 5.69 Å². The smallest absolute Gasteiger partial charge is 0.0414 e. The van der Waals surface area contributed by atoms with Crippen LogP contribution >= 0.6 is 0 Å². The van der Waals surface area contributed by atoms with Gasteiger partial charge in [0.25, 0.3) is 0 Å². The van der Waals surface area contributed by atoms with Gasteiger partial charge in [-0.2, -0.15) is 0 Å². The molecule has 2 heteroatoms. The van der Waals surface area contributed by atoms with E-state index in [9.17, 15) is 0 Å². The maximum absolute atomic E-state index is 5.88. The highest BCUT2D eigenvalue weighted by molar-refractivity contribution is 5.55. The fourth-order valence-electron chi connectivity index (χ4n) is 3.13. The van der Waals surface area contributed by atoms with Crippen LogP contribution in [-0.4, -0.2) is 13.1 Å². The van der Waals surface area contributed by atoms with Crippen LogP contribution in [0.3, 0.4) is 0 Å². The molecule has 0 bridgehead atoms. The molecule has 2 nitrogen and oxygen atoms in total. The molecule has 0 saturated carbocycles. The van der Waals surface area contributed by atoms with Gasteiger partial charge in [0.1, 0.15) is 0 Å². The molecule has 106 valence electrons. The number of anilines is 1. The van der Waals surface area contributed by atoms with Crippen LogP contribution < -0.4 is 10.6 Å². The Balaban J connectivity index is 2.11. The van der Waals surface area contributed by atoms with Crippen LogP contribution in [0.15, 0.2) is 18.2 Å². The Morgan fingerprint density at radius 1 is 1.21 bits per heavy atom. The van der Waals surface area contributed by atoms with E-state index in [-0.39, 0.29) is 0 Å². The Kier molecular flexibility index (Phi) is 4.19. The van der Waals surface area contributed by atoms with Gasteiger partial charge in [-0.05, 0) is 48.3 Å². The molecule has 2 N–H and O–H groups in total. The average molecular weight is 260 g/mol. The van der Waals surface area contributed by atoms with Crippen molar-refractivity contribution in [2.24, 2.45) is 17.1 Å². The van der Waals surface area contributed by atoms with Crippen LogP contribution in [0.25, 0.3) is 0 Å². The summed E-state index contributed by atoms with van der Waals surface area (Å²) in [5.41, 5.74) is 10.3. The lowest BCUT2D eigenvalue weighted by atomic mass is 9.75. The Labute approximate surface area is 118 Å². The van der Waals surface area contributed by atoms with Crippen molar-refractivity contribution in [3.8, 4) is 0 Å². The minimum absolute atomic E-state index is 0.440. The van der Waals surface area contributed by atoms with Crippen LogP contribution in [0.2, 0.25) is 0 Å². The fraction of sp³-hybridized carbons (Fsp3) is 0.647. The molecule has 0 aromatic heterocycles. The molecule has 0 radical (unpaired) electrons. The number of piperidine rings is 1. The van der Waals surface area contributed by atoms with Crippen LogP contribution in [0.1, 0.15) is 44.7 Å². The second kappa shape index (κ2) is 5.54. The first-order valence-electron chi connectivity index (χ1n) is 7.46. The summed E-state index contributed by atoms with van der Waals surface area (Å²) in [6.45, 7) is 12.2. The summed E-state index contributed by atoms with van der Waals surface area (Å²) in [5, 5.41) is 0. The largest absolute Gasteiger partial charge is 0.371 e. The standard InChI is InChI=1S/C17H28N2/c1-13-5-6-14(12-18)16(11-13)19-9-7-15(8-10-19)17(2,3)4/h5-6,11,15H,7-10,12,18H2,1-4H3. The topological polar surface area (TPSA) is 29.3 Å². The number of hydrogen-bond donors (Lipinski definition) is 1. The quantitative estimate of drug-likeness (QED) is 0.878. The van der Waals surface area contributed by atoms with Gasteiger partial charge in [-0.3, -0.25) is 0 Å². The molecule has 1 aromatic carbocycles. The predicted octanol–water partition coefficient (Wildman–Crippen LogP) is 3.72. The van der Waals surface area contributed by atoms with Gasteiger partial charge in [0.2, 0.25) is 0 Å². The average Bonchev–Trinajstić information content (AvgIpc) is 2.38. The third kappa shape index (κ3) is 3.30. The van der Waals surface area contributed by atoms with Crippen molar-refractivity contribution in [1.29, 1.82) is 0 Å². The number of nitrogens with zero attached hydrogens (tertiary/aromatic N) is 1. The molecule has 19 heavy (non-hydrogen) atoms. The maximum atomic E-state index is 5.88. The molecule has 1 aliphatic rings. The van der Waals surface area contributed by atoms with Gasteiger partial charge in [0.15, 0.2) is 0 Å². The molecule has 0 aliphatic carbocycles. The van der Waals surface area contributed by atoms with Crippen molar-refractivity contribution in [2.75, 3.05) is 18.0 Å². The van der Waals surface area contributed by atoms with E-state index >= 15 is 0 Å². The Bertz CT molecular complexity index is 423. The van der Waals surface area contributed by atoms with Crippen LogP contribution in [-0.2, 0) is 6.54 Å². The molecule has 1 saturated heterocycles. The summed E-state index contributed by atoms with van der Waals surface area (Å²) < 4.78 is 0. The summed E-state index contributed by atoms with van der Waals surface area (Å²) in [4.78, 5) is 2.53. The molecule has 0 spiro atoms. The normalized spacial score (nSPS) is 17.8. The van der Waals surface area contributed by atoms with Gasteiger partial charge in [0, 0.05) is 25.3 Å². The highest BCUT2D eigenvalue weighted by Crippen LogP contribution is 2.36. The lowest BCUT2D eigenvalue weighted by molar-refractivity contribution is 0.199. The molecule has 1 heterocycles. The Hall–Kier alpha value is -1.02. The first-order chi connectivity index (χ1) is 8.91. The number of benzene rings is 1. The highest BCUT2D eigenvalue weighted by atomic mass is 15.1. The molecule has 2 rings (SSSR count). The second-order valence-electron chi connectivity index (χ2n) is 6.96. The van der Waals surface area contributed by atoms with E-state index in [1.54, 1.807) is 0 Å². The molecular weight excluding hydrogens is 232 g/mol. The third-order valence-electron chi connectivity index (χ3n) is 4.52. The van der Waals surface area contributed by atoms with Gasteiger partial charge in [0.05, 0.1) is 0 Å². The summed E-state index contributed by atoms with van der Waals surface area (Å²) in [6.07, 6.45) is 2.59. The van der Waals surface area contributed by atoms with E-state index in [1.807, 2.05) is 0 Å². The monoisotopic (exact) mass is 260 g/mol. The van der Waals surface area contributed by atoms with Gasteiger partial charge in [-0.15, -0.1) is 0 Å². The second-order valence-corrected chi connectivity index (χ2v) is 6.96. The Morgan fingerprint density at radius 3 is 2.37 bits per heavy atom. The maximum Gasteiger partial charge on any atom is 0.0414 e. The Morgan fingerprint density at radius 2 is 1.84 bits per heavy atom. The molecule has 0 amide bonds. The third-order valence-corrected chi connectivity index (χ3v) is 4.52. The summed E-state index contributed by atoms with van der Waals surface area (Å²) in [5.74, 6) is 0.842. The molecule has 0 unspecified atom stereocenters. The van der Waals surface area contributed by atoms with Crippen LogP contribution in [0, 0.1) is 18.3 Å². The molecular formula is C17H28N2. The summed E-state index contributed by atoms with van der Waals surface area (Å²) >= 11 is 0. The molecule has 0 atom stereocenters. The predicted molar refractivity (Wildman–Crippen MR) is 83.5 cm³/mol. The van der Waals surface area contributed by atoms with E-state index in [0.717, 1.165) is 5.92 Å². The number of hydrogen-bond acceptors (Lipinski definition) is 2. The lowest BCUT2D eigenvalue weighted by Gasteiger charge is -2.40. The first kappa shape index (κ1) is 14.4. The van der Waals surface area contributed by atoms with Gasteiger partial charge in [-0.25, -0.2) is 0 Å². The van der Waals surface area contributed by atoms with Crippen molar-refractivity contribution in [3.05, 3.63) is 29.3 Å². The first-order valence-corrected chi connectivity index (χ1v) is 7.46. The van der Waals surface area contributed by atoms with Gasteiger partial charge in [-0.1, -0.05) is 32.9 Å². The zero-order valence-electron chi connectivity index (χ0n) is 12.9. The number of aryl methyl sites for hydroxylation is 1. The van der Waals surface area contributed by atoms with E-state index in [2.05, 4.69) is 50.8 Å². The highest BCUT2D eigenvalue weighted by Gasteiger charge is 2.29. The zero-order valence-corrected chi connectivity index (χ0v) is 12.9. The minimum Gasteiger partial charge on any atom is -0.371 e. The van der Waals surface area contributed by atoms with Gasteiger partial charge >= 0.3 is 0 Å². The molecule has 1 aliphatic heterocycles. The number of rotatable bonds is 2. The zero-order chi connectivity index (χ0) is 14.0. The van der Waals surface area contributed by atoms with Gasteiger partial charge < -0.3 is 10.6 Å². The van der Waals surface area contributed by atoms with E-state index in [0.29, 0.717) is 12.0 Å². The van der Waals surface area contributed by atoms with Crippen LogP contribution in [0.5, 0.6) is 0 Å². The van der Waals surface area contributed by atoms with E-state index in [4.69, 9.17) is 5.73 Å². The summed E-state index contributed by atoms with van der Waals surface area (Å²) in [7, 11) is 0. The molecule has 1 aromatic rings. The fourth-order valence-corrected chi connectivity index (χ4v) is 3.13. The SMILES string of the molecule is Cc1ccc(CN)c(N2CCC(C(C)(C)C)CC2)c1. The van der Waals surface area contributed by atoms with E-state index < -0.39 is 0 Å². The minimum atomic E-state index is 0.440. The van der Waals surface area contributed by atoms with Crippen molar-refractivity contribution in [2.45, 2.75) is 47.1 Å².